The first-order chi connectivity index (χ1) is 16.5. The number of carbonyl (C=O) groups excluding carboxylic acids is 1. The Kier molecular flexibility index (Phi) is 5.86. The van der Waals surface area contributed by atoms with Gasteiger partial charge in [0, 0.05) is 35.1 Å². The Bertz CT molecular complexity index is 1260. The number of benzene rings is 3. The van der Waals surface area contributed by atoms with E-state index in [-0.39, 0.29) is 11.6 Å². The molecule has 0 spiro atoms. The van der Waals surface area contributed by atoms with Gasteiger partial charge in [-0.3, -0.25) is 19.8 Å². The summed E-state index contributed by atoms with van der Waals surface area (Å²) >= 11 is 0. The van der Waals surface area contributed by atoms with Crippen LogP contribution in [0.25, 0.3) is 11.3 Å². The zero-order valence-corrected chi connectivity index (χ0v) is 19.0. The van der Waals surface area contributed by atoms with Gasteiger partial charge in [-0.05, 0) is 62.2 Å². The molecule has 0 radical (unpaired) electrons. The second-order valence-corrected chi connectivity index (χ2v) is 8.72. The Hall–Kier alpha value is -3.97. The van der Waals surface area contributed by atoms with Crippen LogP contribution in [0.5, 0.6) is 0 Å². The molecule has 2 heterocycles. The maximum atomic E-state index is 13.0. The number of rotatable bonds is 6. The fraction of sp³-hybridized carbons (Fsp3) is 0.222. The van der Waals surface area contributed by atoms with Crippen molar-refractivity contribution in [3.05, 3.63) is 99.6 Å². The molecule has 1 atom stereocenters. The van der Waals surface area contributed by atoms with E-state index in [1.54, 1.807) is 6.07 Å². The Balaban J connectivity index is 1.54. The molecule has 34 heavy (non-hydrogen) atoms. The minimum Gasteiger partial charge on any atom is -0.354 e. The van der Waals surface area contributed by atoms with Crippen molar-refractivity contribution in [2.45, 2.75) is 25.8 Å². The highest BCUT2D eigenvalue weighted by atomic mass is 16.6. The SMILES string of the molecule is CC(c1ccc(N/C(=C2\C(=O)Nc3ccc([N+](=O)[O-])cc32)c2ccccc2)cc1)N1CCCC1. The van der Waals surface area contributed by atoms with Crippen molar-refractivity contribution in [2.24, 2.45) is 0 Å². The summed E-state index contributed by atoms with van der Waals surface area (Å²) in [5.41, 5.74) is 4.94. The molecule has 7 nitrogen and oxygen atoms in total. The van der Waals surface area contributed by atoms with Gasteiger partial charge >= 0.3 is 0 Å². The first kappa shape index (κ1) is 21.9. The topological polar surface area (TPSA) is 87.5 Å². The molecule has 2 aliphatic heterocycles. The van der Waals surface area contributed by atoms with Crippen molar-refractivity contribution >= 4 is 34.2 Å². The van der Waals surface area contributed by atoms with E-state index in [1.807, 2.05) is 42.5 Å². The summed E-state index contributed by atoms with van der Waals surface area (Å²) in [5.74, 6) is -0.291. The largest absolute Gasteiger partial charge is 0.354 e. The van der Waals surface area contributed by atoms with E-state index in [0.29, 0.717) is 28.6 Å². The molecule has 2 aliphatic rings. The summed E-state index contributed by atoms with van der Waals surface area (Å²) < 4.78 is 0. The Morgan fingerprint density at radius 2 is 1.74 bits per heavy atom. The predicted molar refractivity (Wildman–Crippen MR) is 134 cm³/mol. The lowest BCUT2D eigenvalue weighted by Crippen LogP contribution is -2.23. The van der Waals surface area contributed by atoms with E-state index >= 15 is 0 Å². The van der Waals surface area contributed by atoms with E-state index in [2.05, 4.69) is 34.6 Å². The van der Waals surface area contributed by atoms with Crippen LogP contribution in [0.3, 0.4) is 0 Å². The highest BCUT2D eigenvalue weighted by Crippen LogP contribution is 2.39. The van der Waals surface area contributed by atoms with Crippen molar-refractivity contribution in [3.8, 4) is 0 Å². The third-order valence-corrected chi connectivity index (χ3v) is 6.62. The molecule has 0 bridgehead atoms. The van der Waals surface area contributed by atoms with Gasteiger partial charge in [0.1, 0.15) is 0 Å². The van der Waals surface area contributed by atoms with Crippen LogP contribution in [0, 0.1) is 10.1 Å². The summed E-state index contributed by atoms with van der Waals surface area (Å²) in [5, 5.41) is 17.6. The summed E-state index contributed by atoms with van der Waals surface area (Å²) in [6, 6.07) is 22.6. The maximum absolute atomic E-state index is 13.0. The molecule has 0 aliphatic carbocycles. The zero-order valence-electron chi connectivity index (χ0n) is 19.0. The van der Waals surface area contributed by atoms with Crippen LogP contribution in [0.2, 0.25) is 0 Å². The standard InChI is InChI=1S/C27H26N4O3/c1-18(30-15-5-6-16-30)19-9-11-21(12-10-19)28-26(20-7-3-2-4-8-20)25-23-17-22(31(33)34)13-14-24(23)29-27(25)32/h2-4,7-14,17-18,28H,5-6,15-16H2,1H3,(H,29,32)/b26-25-. The summed E-state index contributed by atoms with van der Waals surface area (Å²) in [6.45, 7) is 4.50. The van der Waals surface area contributed by atoms with Crippen LogP contribution in [0.15, 0.2) is 72.8 Å². The molecular formula is C27H26N4O3. The van der Waals surface area contributed by atoms with Crippen LogP contribution in [-0.2, 0) is 4.79 Å². The number of nitro benzene ring substituents is 1. The molecule has 1 saturated heterocycles. The number of fused-ring (bicyclic) bond motifs is 1. The molecule has 0 aromatic heterocycles. The highest BCUT2D eigenvalue weighted by Gasteiger charge is 2.30. The van der Waals surface area contributed by atoms with Gasteiger partial charge in [-0.1, -0.05) is 42.5 Å². The molecule has 0 saturated carbocycles. The second-order valence-electron chi connectivity index (χ2n) is 8.72. The van der Waals surface area contributed by atoms with Crippen molar-refractivity contribution in [1.82, 2.24) is 4.90 Å². The van der Waals surface area contributed by atoms with Gasteiger partial charge < -0.3 is 10.6 Å². The Morgan fingerprint density at radius 3 is 2.41 bits per heavy atom. The summed E-state index contributed by atoms with van der Waals surface area (Å²) in [4.78, 5) is 26.4. The lowest BCUT2D eigenvalue weighted by atomic mass is 9.99. The molecular weight excluding hydrogens is 428 g/mol. The van der Waals surface area contributed by atoms with Crippen LogP contribution in [0.4, 0.5) is 17.1 Å². The maximum Gasteiger partial charge on any atom is 0.270 e. The van der Waals surface area contributed by atoms with Crippen LogP contribution in [0.1, 0.15) is 42.5 Å². The van der Waals surface area contributed by atoms with Gasteiger partial charge in [0.2, 0.25) is 0 Å². The summed E-state index contributed by atoms with van der Waals surface area (Å²) in [7, 11) is 0. The molecule has 2 N–H and O–H groups in total. The number of non-ortho nitro benzene ring substituents is 1. The van der Waals surface area contributed by atoms with Gasteiger partial charge in [-0.25, -0.2) is 0 Å². The minimum atomic E-state index is -0.448. The quantitative estimate of drug-likeness (QED) is 0.284. The van der Waals surface area contributed by atoms with Crippen LogP contribution >= 0.6 is 0 Å². The number of nitrogens with zero attached hydrogens (tertiary/aromatic N) is 2. The number of nitrogens with one attached hydrogen (secondary N) is 2. The molecule has 1 fully saturated rings. The van der Waals surface area contributed by atoms with Gasteiger partial charge in [0.15, 0.2) is 0 Å². The Morgan fingerprint density at radius 1 is 1.03 bits per heavy atom. The van der Waals surface area contributed by atoms with Gasteiger partial charge in [0.05, 0.1) is 16.2 Å². The van der Waals surface area contributed by atoms with Gasteiger partial charge in [-0.2, -0.15) is 0 Å². The van der Waals surface area contributed by atoms with Crippen molar-refractivity contribution < 1.29 is 9.72 Å². The van der Waals surface area contributed by atoms with E-state index < -0.39 is 4.92 Å². The minimum absolute atomic E-state index is 0.0552. The smallest absolute Gasteiger partial charge is 0.270 e. The Labute approximate surface area is 198 Å². The molecule has 5 rings (SSSR count). The number of likely N-dealkylation sites (tertiary alicyclic amines) is 1. The first-order valence-corrected chi connectivity index (χ1v) is 11.5. The van der Waals surface area contributed by atoms with Crippen molar-refractivity contribution in [3.63, 3.8) is 0 Å². The fourth-order valence-electron chi connectivity index (χ4n) is 4.73. The van der Waals surface area contributed by atoms with Crippen LogP contribution in [-0.4, -0.2) is 28.8 Å². The van der Waals surface area contributed by atoms with Crippen molar-refractivity contribution in [1.29, 1.82) is 0 Å². The lowest BCUT2D eigenvalue weighted by molar-refractivity contribution is -0.384. The van der Waals surface area contributed by atoms with Crippen molar-refractivity contribution in [2.75, 3.05) is 23.7 Å². The average molecular weight is 455 g/mol. The lowest BCUT2D eigenvalue weighted by Gasteiger charge is -2.24. The third kappa shape index (κ3) is 4.18. The summed E-state index contributed by atoms with van der Waals surface area (Å²) in [6.07, 6.45) is 2.50. The van der Waals surface area contributed by atoms with Crippen LogP contribution < -0.4 is 10.6 Å². The normalized spacial score (nSPS) is 17.7. The third-order valence-electron chi connectivity index (χ3n) is 6.62. The number of hydrogen-bond acceptors (Lipinski definition) is 5. The van der Waals surface area contributed by atoms with E-state index in [9.17, 15) is 14.9 Å². The molecule has 1 unspecified atom stereocenters. The fourth-order valence-corrected chi connectivity index (χ4v) is 4.73. The number of hydrogen-bond donors (Lipinski definition) is 2. The molecule has 3 aromatic rings. The molecule has 7 heteroatoms. The predicted octanol–water partition coefficient (Wildman–Crippen LogP) is 5.68. The highest BCUT2D eigenvalue weighted by molar-refractivity contribution is 6.37. The van der Waals surface area contributed by atoms with E-state index in [1.165, 1.54) is 30.5 Å². The average Bonchev–Trinajstić information content (AvgIpc) is 3.50. The van der Waals surface area contributed by atoms with E-state index in [0.717, 1.165) is 24.3 Å². The molecule has 3 aromatic carbocycles. The van der Waals surface area contributed by atoms with Gasteiger partial charge in [0.25, 0.3) is 11.6 Å². The number of nitro groups is 1. The molecule has 172 valence electrons. The number of amides is 1. The number of anilines is 2. The van der Waals surface area contributed by atoms with Gasteiger partial charge in [-0.15, -0.1) is 0 Å². The first-order valence-electron chi connectivity index (χ1n) is 11.5. The monoisotopic (exact) mass is 454 g/mol. The number of carbonyl (C=O) groups is 1. The second kappa shape index (κ2) is 9.11. The zero-order chi connectivity index (χ0) is 23.7. The van der Waals surface area contributed by atoms with E-state index in [4.69, 9.17) is 0 Å². The molecule has 1 amide bonds.